The zero-order valence-corrected chi connectivity index (χ0v) is 12.2. The number of alkyl carbamates (subject to hydrolysis) is 1. The summed E-state index contributed by atoms with van der Waals surface area (Å²) in [5, 5.41) is 6.25. The quantitative estimate of drug-likeness (QED) is 0.689. The van der Waals surface area contributed by atoms with Crippen LogP contribution >= 0.6 is 0 Å². The fraction of sp³-hybridized carbons (Fsp3) is 0.929. The SMILES string of the molecule is CCC(CC1CC1)NCCNC(=O)OC(C)(C)C. The molecule has 1 unspecified atom stereocenters. The van der Waals surface area contributed by atoms with E-state index in [9.17, 15) is 4.79 Å². The maximum Gasteiger partial charge on any atom is 0.407 e. The number of amides is 1. The van der Waals surface area contributed by atoms with Crippen LogP contribution in [-0.2, 0) is 4.74 Å². The van der Waals surface area contributed by atoms with Gasteiger partial charge in [0, 0.05) is 19.1 Å². The van der Waals surface area contributed by atoms with Crippen LogP contribution in [0.15, 0.2) is 0 Å². The van der Waals surface area contributed by atoms with Crippen molar-refractivity contribution in [3.63, 3.8) is 0 Å². The van der Waals surface area contributed by atoms with Crippen LogP contribution in [0.3, 0.4) is 0 Å². The molecule has 0 aromatic rings. The Morgan fingerprint density at radius 2 is 2.00 bits per heavy atom. The molecule has 106 valence electrons. The Hall–Kier alpha value is -0.770. The van der Waals surface area contributed by atoms with Gasteiger partial charge in [-0.2, -0.15) is 0 Å². The van der Waals surface area contributed by atoms with Crippen LogP contribution in [0.25, 0.3) is 0 Å². The van der Waals surface area contributed by atoms with E-state index in [1.165, 1.54) is 19.3 Å². The lowest BCUT2D eigenvalue weighted by Gasteiger charge is -2.20. The van der Waals surface area contributed by atoms with Crippen LogP contribution in [0.1, 0.15) is 53.4 Å². The summed E-state index contributed by atoms with van der Waals surface area (Å²) in [7, 11) is 0. The summed E-state index contributed by atoms with van der Waals surface area (Å²) in [4.78, 5) is 11.4. The average molecular weight is 256 g/mol. The van der Waals surface area contributed by atoms with Gasteiger partial charge >= 0.3 is 6.09 Å². The van der Waals surface area contributed by atoms with Gasteiger partial charge in [0.25, 0.3) is 0 Å². The molecule has 0 spiro atoms. The Kier molecular flexibility index (Phi) is 5.93. The van der Waals surface area contributed by atoms with Gasteiger partial charge < -0.3 is 15.4 Å². The highest BCUT2D eigenvalue weighted by molar-refractivity contribution is 5.67. The van der Waals surface area contributed by atoms with E-state index in [-0.39, 0.29) is 6.09 Å². The molecule has 0 saturated heterocycles. The molecule has 1 aliphatic carbocycles. The third-order valence-corrected chi connectivity index (χ3v) is 3.03. The van der Waals surface area contributed by atoms with Gasteiger partial charge in [0.1, 0.15) is 5.60 Å². The van der Waals surface area contributed by atoms with E-state index in [2.05, 4.69) is 17.6 Å². The molecule has 1 atom stereocenters. The molecule has 0 heterocycles. The number of carbonyl (C=O) groups excluding carboxylic acids is 1. The molecule has 0 aliphatic heterocycles. The van der Waals surface area contributed by atoms with E-state index in [1.807, 2.05) is 20.8 Å². The summed E-state index contributed by atoms with van der Waals surface area (Å²) in [5.41, 5.74) is -0.421. The number of rotatable bonds is 7. The first-order valence-corrected chi connectivity index (χ1v) is 7.11. The Balaban J connectivity index is 2.04. The van der Waals surface area contributed by atoms with Crippen molar-refractivity contribution in [2.45, 2.75) is 65.0 Å². The van der Waals surface area contributed by atoms with E-state index in [1.54, 1.807) is 0 Å². The summed E-state index contributed by atoms with van der Waals surface area (Å²) < 4.78 is 5.17. The number of carbonyl (C=O) groups is 1. The summed E-state index contributed by atoms with van der Waals surface area (Å²) in [6.45, 7) is 9.25. The van der Waals surface area contributed by atoms with Gasteiger partial charge in [-0.05, 0) is 39.5 Å². The van der Waals surface area contributed by atoms with E-state index in [0.717, 1.165) is 18.9 Å². The molecule has 0 aromatic carbocycles. The molecule has 4 heteroatoms. The van der Waals surface area contributed by atoms with Crippen molar-refractivity contribution in [3.05, 3.63) is 0 Å². The highest BCUT2D eigenvalue weighted by Crippen LogP contribution is 2.33. The number of hydrogen-bond donors (Lipinski definition) is 2. The maximum absolute atomic E-state index is 11.4. The Labute approximate surface area is 111 Å². The third kappa shape index (κ3) is 7.54. The highest BCUT2D eigenvalue weighted by Gasteiger charge is 2.24. The van der Waals surface area contributed by atoms with Gasteiger partial charge in [0.15, 0.2) is 0 Å². The van der Waals surface area contributed by atoms with Crippen LogP contribution in [-0.4, -0.2) is 30.8 Å². The van der Waals surface area contributed by atoms with Gasteiger partial charge in [-0.1, -0.05) is 19.8 Å². The van der Waals surface area contributed by atoms with E-state index in [4.69, 9.17) is 4.74 Å². The lowest BCUT2D eigenvalue weighted by atomic mass is 10.1. The molecule has 18 heavy (non-hydrogen) atoms. The minimum absolute atomic E-state index is 0.334. The van der Waals surface area contributed by atoms with Gasteiger partial charge in [-0.15, -0.1) is 0 Å². The van der Waals surface area contributed by atoms with Gasteiger partial charge in [0.2, 0.25) is 0 Å². The number of hydrogen-bond acceptors (Lipinski definition) is 3. The van der Waals surface area contributed by atoms with Crippen molar-refractivity contribution >= 4 is 6.09 Å². The Bertz CT molecular complexity index is 257. The standard InChI is InChI=1S/C14H28N2O2/c1-5-12(10-11-6-7-11)15-8-9-16-13(17)18-14(2,3)4/h11-12,15H,5-10H2,1-4H3,(H,16,17). The van der Waals surface area contributed by atoms with Gasteiger partial charge in [0.05, 0.1) is 0 Å². The maximum atomic E-state index is 11.4. The molecule has 0 aromatic heterocycles. The minimum Gasteiger partial charge on any atom is -0.444 e. The van der Waals surface area contributed by atoms with Crippen molar-refractivity contribution < 1.29 is 9.53 Å². The monoisotopic (exact) mass is 256 g/mol. The summed E-state index contributed by atoms with van der Waals surface area (Å²) >= 11 is 0. The first-order valence-electron chi connectivity index (χ1n) is 7.11. The molecular weight excluding hydrogens is 228 g/mol. The van der Waals surface area contributed by atoms with Crippen LogP contribution in [0.5, 0.6) is 0 Å². The predicted molar refractivity (Wildman–Crippen MR) is 73.7 cm³/mol. The Morgan fingerprint density at radius 3 is 2.50 bits per heavy atom. The van der Waals surface area contributed by atoms with Crippen LogP contribution in [0.4, 0.5) is 4.79 Å². The zero-order chi connectivity index (χ0) is 13.6. The predicted octanol–water partition coefficient (Wildman–Crippen LogP) is 2.68. The van der Waals surface area contributed by atoms with Crippen molar-refractivity contribution in [2.24, 2.45) is 5.92 Å². The van der Waals surface area contributed by atoms with Crippen molar-refractivity contribution in [2.75, 3.05) is 13.1 Å². The average Bonchev–Trinajstić information content (AvgIpc) is 3.03. The normalized spacial score (nSPS) is 17.3. The fourth-order valence-corrected chi connectivity index (χ4v) is 1.91. The molecule has 1 fully saturated rings. The highest BCUT2D eigenvalue weighted by atomic mass is 16.6. The topological polar surface area (TPSA) is 50.4 Å². The second kappa shape index (κ2) is 6.98. The van der Waals surface area contributed by atoms with Crippen molar-refractivity contribution in [1.29, 1.82) is 0 Å². The van der Waals surface area contributed by atoms with Gasteiger partial charge in [-0.25, -0.2) is 4.79 Å². The zero-order valence-electron chi connectivity index (χ0n) is 12.2. The molecule has 1 aliphatic rings. The second-order valence-electron chi connectivity index (χ2n) is 6.17. The van der Waals surface area contributed by atoms with Crippen LogP contribution in [0.2, 0.25) is 0 Å². The summed E-state index contributed by atoms with van der Waals surface area (Å²) in [5.74, 6) is 0.946. The lowest BCUT2D eigenvalue weighted by Crippen LogP contribution is -2.39. The first-order chi connectivity index (χ1) is 8.40. The summed E-state index contributed by atoms with van der Waals surface area (Å²) in [6, 6.07) is 0.595. The van der Waals surface area contributed by atoms with Gasteiger partial charge in [-0.3, -0.25) is 0 Å². The van der Waals surface area contributed by atoms with Crippen molar-refractivity contribution in [1.82, 2.24) is 10.6 Å². The third-order valence-electron chi connectivity index (χ3n) is 3.03. The second-order valence-corrected chi connectivity index (χ2v) is 6.17. The summed E-state index contributed by atoms with van der Waals surface area (Å²) in [6.07, 6.45) is 4.90. The molecular formula is C14H28N2O2. The van der Waals surface area contributed by atoms with E-state index in [0.29, 0.717) is 12.6 Å². The van der Waals surface area contributed by atoms with Crippen molar-refractivity contribution in [3.8, 4) is 0 Å². The molecule has 1 amide bonds. The number of ether oxygens (including phenoxy) is 1. The van der Waals surface area contributed by atoms with E-state index >= 15 is 0 Å². The molecule has 1 rings (SSSR count). The largest absolute Gasteiger partial charge is 0.444 e. The molecule has 1 saturated carbocycles. The lowest BCUT2D eigenvalue weighted by molar-refractivity contribution is 0.0528. The minimum atomic E-state index is -0.421. The fourth-order valence-electron chi connectivity index (χ4n) is 1.91. The van der Waals surface area contributed by atoms with Crippen LogP contribution < -0.4 is 10.6 Å². The molecule has 4 nitrogen and oxygen atoms in total. The Morgan fingerprint density at radius 1 is 1.33 bits per heavy atom. The van der Waals surface area contributed by atoms with Crippen LogP contribution in [0, 0.1) is 5.92 Å². The smallest absolute Gasteiger partial charge is 0.407 e. The molecule has 0 bridgehead atoms. The van der Waals surface area contributed by atoms with E-state index < -0.39 is 5.60 Å². The number of nitrogens with one attached hydrogen (secondary N) is 2. The first kappa shape index (κ1) is 15.3. The molecule has 2 N–H and O–H groups in total. The molecule has 0 radical (unpaired) electrons.